The van der Waals surface area contributed by atoms with Crippen LogP contribution >= 0.6 is 0 Å². The lowest BCUT2D eigenvalue weighted by Crippen LogP contribution is -2.58. The van der Waals surface area contributed by atoms with Crippen molar-refractivity contribution in [2.75, 3.05) is 6.61 Å². The summed E-state index contributed by atoms with van der Waals surface area (Å²) in [5, 5.41) is 20.0. The number of aliphatic carboxylic acids is 1. The molecule has 0 aliphatic heterocycles. The van der Waals surface area contributed by atoms with Crippen LogP contribution < -0.4 is 11.1 Å². The van der Waals surface area contributed by atoms with Crippen molar-refractivity contribution in [2.45, 2.75) is 50.1 Å². The summed E-state index contributed by atoms with van der Waals surface area (Å²) in [4.78, 5) is 22.8. The number of hydrogen-bond acceptors (Lipinski definition) is 4. The molecule has 6 heteroatoms. The maximum atomic E-state index is 11.9. The highest BCUT2D eigenvalue weighted by molar-refractivity contribution is 5.90. The van der Waals surface area contributed by atoms with Crippen LogP contribution in [0.1, 0.15) is 38.5 Å². The lowest BCUT2D eigenvalue weighted by molar-refractivity contribution is -0.143. The molecule has 1 fully saturated rings. The SMILES string of the molecule is NC1(C(=O)N[C@H](CCO)C(=O)O)CCCCC1. The van der Waals surface area contributed by atoms with Crippen LogP contribution in [0.2, 0.25) is 0 Å². The molecule has 1 aliphatic carbocycles. The summed E-state index contributed by atoms with van der Waals surface area (Å²) in [5.74, 6) is -1.56. The quantitative estimate of drug-likeness (QED) is 0.525. The Bertz CT molecular complexity index is 287. The number of aliphatic hydroxyl groups is 1. The highest BCUT2D eigenvalue weighted by atomic mass is 16.4. The average molecular weight is 244 g/mol. The van der Waals surface area contributed by atoms with Gasteiger partial charge in [0.15, 0.2) is 0 Å². The molecule has 98 valence electrons. The molecule has 1 rings (SSSR count). The molecule has 1 aliphatic rings. The van der Waals surface area contributed by atoms with Gasteiger partial charge < -0.3 is 21.3 Å². The van der Waals surface area contributed by atoms with Gasteiger partial charge in [0.2, 0.25) is 5.91 Å². The zero-order valence-electron chi connectivity index (χ0n) is 9.82. The number of carbonyl (C=O) groups is 2. The lowest BCUT2D eigenvalue weighted by atomic mass is 9.81. The second-order valence-corrected chi connectivity index (χ2v) is 4.59. The van der Waals surface area contributed by atoms with E-state index in [1.165, 1.54) is 0 Å². The minimum Gasteiger partial charge on any atom is -0.480 e. The van der Waals surface area contributed by atoms with Gasteiger partial charge in [-0.15, -0.1) is 0 Å². The van der Waals surface area contributed by atoms with Crippen LogP contribution in [0.25, 0.3) is 0 Å². The molecule has 0 aromatic heterocycles. The van der Waals surface area contributed by atoms with Gasteiger partial charge >= 0.3 is 5.97 Å². The first-order chi connectivity index (χ1) is 7.99. The third kappa shape index (κ3) is 3.67. The van der Waals surface area contributed by atoms with E-state index in [-0.39, 0.29) is 13.0 Å². The summed E-state index contributed by atoms with van der Waals surface area (Å²) >= 11 is 0. The standard InChI is InChI=1S/C11H20N2O4/c12-11(5-2-1-3-6-11)10(17)13-8(4-7-14)9(15)16/h8,14H,1-7,12H2,(H,13,17)(H,15,16)/t8-/m1/s1. The van der Waals surface area contributed by atoms with E-state index in [1.54, 1.807) is 0 Å². The fourth-order valence-corrected chi connectivity index (χ4v) is 2.10. The highest BCUT2D eigenvalue weighted by Gasteiger charge is 2.37. The number of nitrogens with one attached hydrogen (secondary N) is 1. The second-order valence-electron chi connectivity index (χ2n) is 4.59. The smallest absolute Gasteiger partial charge is 0.326 e. The number of nitrogens with two attached hydrogens (primary N) is 1. The van der Waals surface area contributed by atoms with Crippen molar-refractivity contribution >= 4 is 11.9 Å². The molecule has 0 bridgehead atoms. The zero-order chi connectivity index (χ0) is 12.9. The van der Waals surface area contributed by atoms with Crippen LogP contribution in [0.15, 0.2) is 0 Å². The van der Waals surface area contributed by atoms with Crippen molar-refractivity contribution in [3.8, 4) is 0 Å². The highest BCUT2D eigenvalue weighted by Crippen LogP contribution is 2.26. The maximum absolute atomic E-state index is 11.9. The van der Waals surface area contributed by atoms with Crippen molar-refractivity contribution in [1.82, 2.24) is 5.32 Å². The van der Waals surface area contributed by atoms with E-state index >= 15 is 0 Å². The third-order valence-electron chi connectivity index (χ3n) is 3.22. The van der Waals surface area contributed by atoms with Gasteiger partial charge in [-0.05, 0) is 12.8 Å². The molecule has 0 heterocycles. The molecular weight excluding hydrogens is 224 g/mol. The number of aliphatic hydroxyl groups excluding tert-OH is 1. The van der Waals surface area contributed by atoms with E-state index in [0.717, 1.165) is 19.3 Å². The average Bonchev–Trinajstić information content (AvgIpc) is 2.29. The predicted octanol–water partition coefficient (Wildman–Crippen LogP) is -0.400. The maximum Gasteiger partial charge on any atom is 0.326 e. The van der Waals surface area contributed by atoms with Crippen molar-refractivity contribution in [3.05, 3.63) is 0 Å². The molecule has 0 unspecified atom stereocenters. The summed E-state index contributed by atoms with van der Waals surface area (Å²) < 4.78 is 0. The van der Waals surface area contributed by atoms with Gasteiger partial charge in [0.1, 0.15) is 6.04 Å². The third-order valence-corrected chi connectivity index (χ3v) is 3.22. The Morgan fingerprint density at radius 1 is 1.29 bits per heavy atom. The van der Waals surface area contributed by atoms with Gasteiger partial charge in [-0.1, -0.05) is 19.3 Å². The number of carboxylic acid groups (broad SMARTS) is 1. The molecule has 0 aromatic carbocycles. The molecule has 0 spiro atoms. The number of carbonyl (C=O) groups excluding carboxylic acids is 1. The van der Waals surface area contributed by atoms with E-state index < -0.39 is 23.5 Å². The normalized spacial score (nSPS) is 20.6. The topological polar surface area (TPSA) is 113 Å². The second kappa shape index (κ2) is 5.97. The van der Waals surface area contributed by atoms with Gasteiger partial charge in [0.05, 0.1) is 5.54 Å². The molecule has 1 saturated carbocycles. The van der Waals surface area contributed by atoms with E-state index in [2.05, 4.69) is 5.32 Å². The van der Waals surface area contributed by atoms with Crippen LogP contribution in [0.5, 0.6) is 0 Å². The molecule has 0 radical (unpaired) electrons. The first kappa shape index (κ1) is 13.9. The molecule has 0 aromatic rings. The number of rotatable bonds is 5. The molecule has 0 saturated heterocycles. The van der Waals surface area contributed by atoms with Crippen LogP contribution in [0.3, 0.4) is 0 Å². The van der Waals surface area contributed by atoms with Crippen LogP contribution in [-0.4, -0.2) is 40.3 Å². The van der Waals surface area contributed by atoms with Crippen molar-refractivity contribution in [3.63, 3.8) is 0 Å². The van der Waals surface area contributed by atoms with E-state index in [1.807, 2.05) is 0 Å². The largest absolute Gasteiger partial charge is 0.480 e. The number of carboxylic acids is 1. The molecule has 6 nitrogen and oxygen atoms in total. The molecular formula is C11H20N2O4. The summed E-state index contributed by atoms with van der Waals surface area (Å²) in [5.41, 5.74) is 5.04. The Morgan fingerprint density at radius 3 is 2.35 bits per heavy atom. The lowest BCUT2D eigenvalue weighted by Gasteiger charge is -2.32. The Hall–Kier alpha value is -1.14. The van der Waals surface area contributed by atoms with Gasteiger partial charge in [-0.25, -0.2) is 4.79 Å². The minimum atomic E-state index is -1.15. The zero-order valence-corrected chi connectivity index (χ0v) is 9.82. The Kier molecular flexibility index (Phi) is 4.89. The van der Waals surface area contributed by atoms with Gasteiger partial charge in [0.25, 0.3) is 0 Å². The number of amides is 1. The minimum absolute atomic E-state index is 0.00282. The van der Waals surface area contributed by atoms with Crippen molar-refractivity contribution in [2.24, 2.45) is 5.73 Å². The molecule has 1 atom stereocenters. The van der Waals surface area contributed by atoms with E-state index in [9.17, 15) is 9.59 Å². The van der Waals surface area contributed by atoms with Crippen molar-refractivity contribution in [1.29, 1.82) is 0 Å². The predicted molar refractivity (Wildman–Crippen MR) is 61.3 cm³/mol. The van der Waals surface area contributed by atoms with Crippen LogP contribution in [0.4, 0.5) is 0 Å². The van der Waals surface area contributed by atoms with Crippen molar-refractivity contribution < 1.29 is 19.8 Å². The van der Waals surface area contributed by atoms with Crippen LogP contribution in [-0.2, 0) is 9.59 Å². The van der Waals surface area contributed by atoms with E-state index in [4.69, 9.17) is 15.9 Å². The Balaban J connectivity index is 2.59. The summed E-state index contributed by atoms with van der Waals surface area (Å²) in [6.45, 7) is -0.283. The summed E-state index contributed by atoms with van der Waals surface area (Å²) in [6.07, 6.45) is 4.01. The molecule has 5 N–H and O–H groups in total. The van der Waals surface area contributed by atoms with Crippen LogP contribution in [0, 0.1) is 0 Å². The fourth-order valence-electron chi connectivity index (χ4n) is 2.10. The molecule has 1 amide bonds. The Labute approximate surface area is 100 Å². The first-order valence-electron chi connectivity index (χ1n) is 5.93. The summed E-state index contributed by atoms with van der Waals surface area (Å²) in [6, 6.07) is -1.06. The fraction of sp³-hybridized carbons (Fsp3) is 0.818. The molecule has 17 heavy (non-hydrogen) atoms. The van der Waals surface area contributed by atoms with E-state index in [0.29, 0.717) is 12.8 Å². The summed E-state index contributed by atoms with van der Waals surface area (Å²) in [7, 11) is 0. The van der Waals surface area contributed by atoms with Gasteiger partial charge in [-0.3, -0.25) is 4.79 Å². The number of hydrogen-bond donors (Lipinski definition) is 4. The van der Waals surface area contributed by atoms with Gasteiger partial charge in [-0.2, -0.15) is 0 Å². The monoisotopic (exact) mass is 244 g/mol. The first-order valence-corrected chi connectivity index (χ1v) is 5.93. The van der Waals surface area contributed by atoms with Gasteiger partial charge in [0, 0.05) is 13.0 Å². The Morgan fingerprint density at radius 2 is 1.88 bits per heavy atom.